The maximum absolute atomic E-state index is 5.25. The molecular formula is C18H21NO. The van der Waals surface area contributed by atoms with E-state index in [4.69, 9.17) is 4.74 Å². The van der Waals surface area contributed by atoms with Crippen LogP contribution in [0.2, 0.25) is 0 Å². The lowest BCUT2D eigenvalue weighted by Crippen LogP contribution is -2.33. The summed E-state index contributed by atoms with van der Waals surface area (Å²) in [5.41, 5.74) is 2.71. The van der Waals surface area contributed by atoms with Gasteiger partial charge in [0.1, 0.15) is 5.75 Å². The lowest BCUT2D eigenvalue weighted by molar-refractivity contribution is 0.414. The zero-order chi connectivity index (χ0) is 13.8. The smallest absolute Gasteiger partial charge is 0.118 e. The summed E-state index contributed by atoms with van der Waals surface area (Å²) in [7, 11) is 1.71. The van der Waals surface area contributed by atoms with Crippen molar-refractivity contribution in [3.63, 3.8) is 0 Å². The average molecular weight is 267 g/mol. The molecule has 2 aromatic rings. The van der Waals surface area contributed by atoms with Crippen molar-refractivity contribution >= 4 is 5.69 Å². The molecule has 0 aromatic heterocycles. The molecule has 1 fully saturated rings. The fourth-order valence-electron chi connectivity index (χ4n) is 3.03. The van der Waals surface area contributed by atoms with Crippen molar-refractivity contribution in [2.75, 3.05) is 18.6 Å². The molecule has 0 radical (unpaired) electrons. The molecule has 0 amide bonds. The van der Waals surface area contributed by atoms with E-state index < -0.39 is 0 Å². The molecule has 1 aliphatic rings. The molecule has 0 aliphatic carbocycles. The summed E-state index contributed by atoms with van der Waals surface area (Å²) in [6.07, 6.45) is 3.81. The highest BCUT2D eigenvalue weighted by Gasteiger charge is 2.23. The Kier molecular flexibility index (Phi) is 3.91. The van der Waals surface area contributed by atoms with Crippen LogP contribution in [-0.4, -0.2) is 13.7 Å². The van der Waals surface area contributed by atoms with E-state index >= 15 is 0 Å². The molecule has 1 heterocycles. The number of nitrogens with zero attached hydrogens (tertiary/aromatic N) is 1. The van der Waals surface area contributed by atoms with Gasteiger partial charge in [-0.3, -0.25) is 0 Å². The molecule has 1 saturated heterocycles. The highest BCUT2D eigenvalue weighted by molar-refractivity contribution is 5.49. The predicted octanol–water partition coefficient (Wildman–Crippen LogP) is 4.43. The topological polar surface area (TPSA) is 12.5 Å². The maximum atomic E-state index is 5.25. The van der Waals surface area contributed by atoms with Gasteiger partial charge >= 0.3 is 0 Å². The van der Waals surface area contributed by atoms with Crippen molar-refractivity contribution in [2.24, 2.45) is 0 Å². The first-order valence-corrected chi connectivity index (χ1v) is 7.34. The third kappa shape index (κ3) is 2.64. The molecule has 1 aliphatic heterocycles. The summed E-state index contributed by atoms with van der Waals surface area (Å²) in [6.45, 7) is 1.14. The van der Waals surface area contributed by atoms with Crippen LogP contribution in [0, 0.1) is 0 Å². The summed E-state index contributed by atoms with van der Waals surface area (Å²) < 4.78 is 5.25. The first kappa shape index (κ1) is 13.0. The molecule has 20 heavy (non-hydrogen) atoms. The molecule has 1 unspecified atom stereocenters. The Labute approximate surface area is 121 Å². The number of benzene rings is 2. The molecule has 2 aromatic carbocycles. The summed E-state index contributed by atoms with van der Waals surface area (Å²) in [5, 5.41) is 0. The molecule has 0 bridgehead atoms. The van der Waals surface area contributed by atoms with Crippen LogP contribution in [0.25, 0.3) is 0 Å². The molecule has 3 rings (SSSR count). The molecule has 2 heteroatoms. The van der Waals surface area contributed by atoms with Gasteiger partial charge in [0.2, 0.25) is 0 Å². The Morgan fingerprint density at radius 1 is 0.950 bits per heavy atom. The van der Waals surface area contributed by atoms with Gasteiger partial charge in [0.05, 0.1) is 13.2 Å². The number of ether oxygens (including phenoxy) is 1. The molecule has 0 saturated carbocycles. The standard InChI is InChI=1S/C18H21NO/c1-20-17-12-10-15(11-13-17)18-9-5-6-14-19(18)16-7-3-2-4-8-16/h2-4,7-8,10-13,18H,5-6,9,14H2,1H3. The van der Waals surface area contributed by atoms with Gasteiger partial charge in [0.15, 0.2) is 0 Å². The van der Waals surface area contributed by atoms with E-state index in [1.807, 2.05) is 0 Å². The van der Waals surface area contributed by atoms with E-state index in [-0.39, 0.29) is 0 Å². The number of hydrogen-bond donors (Lipinski definition) is 0. The second-order valence-electron chi connectivity index (χ2n) is 5.31. The average Bonchev–Trinajstić information content (AvgIpc) is 2.56. The quantitative estimate of drug-likeness (QED) is 0.816. The minimum absolute atomic E-state index is 0.483. The van der Waals surface area contributed by atoms with Crippen LogP contribution in [0.5, 0.6) is 5.75 Å². The highest BCUT2D eigenvalue weighted by atomic mass is 16.5. The van der Waals surface area contributed by atoms with Gasteiger partial charge in [-0.2, -0.15) is 0 Å². The van der Waals surface area contributed by atoms with Crippen LogP contribution in [-0.2, 0) is 0 Å². The van der Waals surface area contributed by atoms with Crippen molar-refractivity contribution in [1.29, 1.82) is 0 Å². The Morgan fingerprint density at radius 2 is 1.70 bits per heavy atom. The number of hydrogen-bond acceptors (Lipinski definition) is 2. The first-order valence-electron chi connectivity index (χ1n) is 7.34. The van der Waals surface area contributed by atoms with Crippen LogP contribution >= 0.6 is 0 Å². The van der Waals surface area contributed by atoms with Gasteiger partial charge in [-0.05, 0) is 49.1 Å². The third-order valence-electron chi connectivity index (χ3n) is 4.09. The van der Waals surface area contributed by atoms with Crippen LogP contribution in [0.1, 0.15) is 30.9 Å². The van der Waals surface area contributed by atoms with Crippen LogP contribution in [0.3, 0.4) is 0 Å². The van der Waals surface area contributed by atoms with Crippen LogP contribution in [0.15, 0.2) is 54.6 Å². The number of para-hydroxylation sites is 1. The summed E-state index contributed by atoms with van der Waals surface area (Å²) in [5.74, 6) is 0.927. The van der Waals surface area contributed by atoms with Gasteiger partial charge in [-0.1, -0.05) is 30.3 Å². The number of rotatable bonds is 3. The predicted molar refractivity (Wildman–Crippen MR) is 83.4 cm³/mol. The second-order valence-corrected chi connectivity index (χ2v) is 5.31. The number of methoxy groups -OCH3 is 1. The number of anilines is 1. The minimum atomic E-state index is 0.483. The van der Waals surface area contributed by atoms with Crippen LogP contribution in [0.4, 0.5) is 5.69 Å². The largest absolute Gasteiger partial charge is 0.497 e. The summed E-state index contributed by atoms with van der Waals surface area (Å²) in [4.78, 5) is 2.53. The van der Waals surface area contributed by atoms with Crippen LogP contribution < -0.4 is 9.64 Å². The maximum Gasteiger partial charge on any atom is 0.118 e. The zero-order valence-electron chi connectivity index (χ0n) is 12.0. The van der Waals surface area contributed by atoms with Crippen molar-refractivity contribution in [2.45, 2.75) is 25.3 Å². The zero-order valence-corrected chi connectivity index (χ0v) is 12.0. The van der Waals surface area contributed by atoms with Crippen molar-refractivity contribution in [1.82, 2.24) is 0 Å². The lowest BCUT2D eigenvalue weighted by atomic mass is 9.94. The summed E-state index contributed by atoms with van der Waals surface area (Å²) in [6, 6.07) is 19.7. The van der Waals surface area contributed by atoms with E-state index in [1.165, 1.54) is 30.5 Å². The fraction of sp³-hybridized carbons (Fsp3) is 0.333. The molecule has 0 spiro atoms. The second kappa shape index (κ2) is 6.00. The van der Waals surface area contributed by atoms with Gasteiger partial charge in [0.25, 0.3) is 0 Å². The summed E-state index contributed by atoms with van der Waals surface area (Å²) >= 11 is 0. The van der Waals surface area contributed by atoms with Gasteiger partial charge in [0, 0.05) is 12.2 Å². The number of piperidine rings is 1. The molecule has 0 N–H and O–H groups in total. The van der Waals surface area contributed by atoms with Gasteiger partial charge in [-0.25, -0.2) is 0 Å². The normalized spacial score (nSPS) is 18.9. The van der Waals surface area contributed by atoms with E-state index in [1.54, 1.807) is 7.11 Å². The molecular weight excluding hydrogens is 246 g/mol. The fourth-order valence-corrected chi connectivity index (χ4v) is 3.03. The highest BCUT2D eigenvalue weighted by Crippen LogP contribution is 2.35. The SMILES string of the molecule is COc1ccc(C2CCCCN2c2ccccc2)cc1. The minimum Gasteiger partial charge on any atom is -0.497 e. The van der Waals surface area contributed by atoms with Gasteiger partial charge < -0.3 is 9.64 Å². The molecule has 104 valence electrons. The molecule has 2 nitrogen and oxygen atoms in total. The molecule has 1 atom stereocenters. The van der Waals surface area contributed by atoms with E-state index in [2.05, 4.69) is 59.5 Å². The first-order chi connectivity index (χ1) is 9.88. The Hall–Kier alpha value is -1.96. The van der Waals surface area contributed by atoms with Crippen molar-refractivity contribution < 1.29 is 4.74 Å². The van der Waals surface area contributed by atoms with Crippen molar-refractivity contribution in [3.05, 3.63) is 60.2 Å². The van der Waals surface area contributed by atoms with E-state index in [0.29, 0.717) is 6.04 Å². The van der Waals surface area contributed by atoms with E-state index in [0.717, 1.165) is 12.3 Å². The Balaban J connectivity index is 1.88. The lowest BCUT2D eigenvalue weighted by Gasteiger charge is -2.38. The van der Waals surface area contributed by atoms with Crippen molar-refractivity contribution in [3.8, 4) is 5.75 Å². The van der Waals surface area contributed by atoms with Gasteiger partial charge in [-0.15, -0.1) is 0 Å². The van der Waals surface area contributed by atoms with E-state index in [9.17, 15) is 0 Å². The monoisotopic (exact) mass is 267 g/mol. The Bertz CT molecular complexity index is 535. The third-order valence-corrected chi connectivity index (χ3v) is 4.09. The Morgan fingerprint density at radius 3 is 2.40 bits per heavy atom.